The largest absolute Gasteiger partial charge is 0.355 e. The van der Waals surface area contributed by atoms with Crippen molar-refractivity contribution in [3.8, 4) is 0 Å². The number of piperidine rings is 1. The molecule has 0 unspecified atom stereocenters. The Kier molecular flexibility index (Phi) is 3.76. The summed E-state index contributed by atoms with van der Waals surface area (Å²) in [6, 6.07) is 0. The fraction of sp³-hybridized carbons (Fsp3) is 0.929. The summed E-state index contributed by atoms with van der Waals surface area (Å²) in [6.07, 6.45) is 6.74. The molecule has 0 aromatic carbocycles. The molecule has 2 N–H and O–H groups in total. The van der Waals surface area contributed by atoms with Gasteiger partial charge in [-0.25, -0.2) is 0 Å². The lowest BCUT2D eigenvalue weighted by Gasteiger charge is -2.34. The molecule has 1 heterocycles. The van der Waals surface area contributed by atoms with Gasteiger partial charge in [-0.15, -0.1) is 0 Å². The molecule has 2 rings (SSSR count). The van der Waals surface area contributed by atoms with Crippen molar-refractivity contribution < 1.29 is 4.79 Å². The molecular formula is C14H26N2O. The molecular weight excluding hydrogens is 212 g/mol. The molecule has 17 heavy (non-hydrogen) atoms. The first-order valence-corrected chi connectivity index (χ1v) is 7.09. The average Bonchev–Trinajstić information content (AvgIpc) is 3.09. The van der Waals surface area contributed by atoms with Crippen molar-refractivity contribution >= 4 is 5.91 Å². The molecule has 0 radical (unpaired) electrons. The van der Waals surface area contributed by atoms with E-state index in [4.69, 9.17) is 0 Å². The minimum atomic E-state index is 0.0258. The first kappa shape index (κ1) is 12.9. The Balaban J connectivity index is 1.79. The van der Waals surface area contributed by atoms with Crippen molar-refractivity contribution in [1.82, 2.24) is 10.6 Å². The maximum Gasteiger partial charge on any atom is 0.226 e. The zero-order valence-corrected chi connectivity index (χ0v) is 11.3. The summed E-state index contributed by atoms with van der Waals surface area (Å²) in [6.45, 7) is 7.51. The molecule has 1 saturated heterocycles. The van der Waals surface area contributed by atoms with Crippen LogP contribution in [0, 0.1) is 10.8 Å². The number of carbonyl (C=O) groups is 1. The summed E-state index contributed by atoms with van der Waals surface area (Å²) in [5.74, 6) is 0.319. The molecule has 0 bridgehead atoms. The third-order valence-corrected chi connectivity index (χ3v) is 4.55. The van der Waals surface area contributed by atoms with Crippen molar-refractivity contribution in [2.24, 2.45) is 10.8 Å². The van der Waals surface area contributed by atoms with E-state index in [0.29, 0.717) is 11.3 Å². The highest BCUT2D eigenvalue weighted by Crippen LogP contribution is 2.49. The number of amides is 1. The molecule has 3 nitrogen and oxygen atoms in total. The van der Waals surface area contributed by atoms with E-state index in [2.05, 4.69) is 24.5 Å². The zero-order chi connectivity index (χ0) is 12.4. The summed E-state index contributed by atoms with van der Waals surface area (Å²) in [7, 11) is 0. The van der Waals surface area contributed by atoms with Crippen molar-refractivity contribution in [2.45, 2.75) is 52.4 Å². The standard InChI is InChI=1S/C14H26N2O/c1-3-4-14(5-6-14)12(17)16-11-13(2)7-9-15-10-8-13/h15H,3-11H2,1-2H3,(H,16,17). The van der Waals surface area contributed by atoms with E-state index in [1.54, 1.807) is 0 Å². The molecule has 0 spiro atoms. The molecule has 1 saturated carbocycles. The van der Waals surface area contributed by atoms with Gasteiger partial charge >= 0.3 is 0 Å². The van der Waals surface area contributed by atoms with Crippen molar-refractivity contribution in [2.75, 3.05) is 19.6 Å². The van der Waals surface area contributed by atoms with Crippen molar-refractivity contribution in [3.05, 3.63) is 0 Å². The van der Waals surface area contributed by atoms with Gasteiger partial charge in [-0.3, -0.25) is 4.79 Å². The molecule has 2 fully saturated rings. The lowest BCUT2D eigenvalue weighted by molar-refractivity contribution is -0.127. The van der Waals surface area contributed by atoms with Gasteiger partial charge in [0.25, 0.3) is 0 Å². The Morgan fingerprint density at radius 1 is 1.24 bits per heavy atom. The SMILES string of the molecule is CCCC1(C(=O)NCC2(C)CCNCC2)CC1. The lowest BCUT2D eigenvalue weighted by atomic mass is 9.81. The summed E-state index contributed by atoms with van der Waals surface area (Å²) >= 11 is 0. The van der Waals surface area contributed by atoms with Gasteiger partial charge in [0.1, 0.15) is 0 Å². The van der Waals surface area contributed by atoms with Crippen LogP contribution in [0.25, 0.3) is 0 Å². The predicted octanol–water partition coefficient (Wildman–Crippen LogP) is 2.07. The highest BCUT2D eigenvalue weighted by atomic mass is 16.2. The quantitative estimate of drug-likeness (QED) is 0.770. The molecule has 3 heteroatoms. The Hall–Kier alpha value is -0.570. The molecule has 0 aromatic heterocycles. The van der Waals surface area contributed by atoms with Gasteiger partial charge in [0.15, 0.2) is 0 Å². The fourth-order valence-electron chi connectivity index (χ4n) is 2.91. The average molecular weight is 238 g/mol. The van der Waals surface area contributed by atoms with Crippen LogP contribution in [0.2, 0.25) is 0 Å². The molecule has 1 amide bonds. The van der Waals surface area contributed by atoms with Gasteiger partial charge in [0.2, 0.25) is 5.91 Å². The van der Waals surface area contributed by atoms with E-state index in [-0.39, 0.29) is 5.41 Å². The Morgan fingerprint density at radius 3 is 2.41 bits per heavy atom. The maximum absolute atomic E-state index is 12.2. The molecule has 98 valence electrons. The van der Waals surface area contributed by atoms with Gasteiger partial charge in [-0.1, -0.05) is 20.3 Å². The van der Waals surface area contributed by atoms with Crippen LogP contribution in [0.4, 0.5) is 0 Å². The number of carbonyl (C=O) groups excluding carboxylic acids is 1. The third kappa shape index (κ3) is 3.01. The smallest absolute Gasteiger partial charge is 0.226 e. The van der Waals surface area contributed by atoms with Crippen molar-refractivity contribution in [3.63, 3.8) is 0 Å². The second-order valence-corrected chi connectivity index (χ2v) is 6.27. The van der Waals surface area contributed by atoms with E-state index in [1.807, 2.05) is 0 Å². The van der Waals surface area contributed by atoms with Crippen LogP contribution in [0.15, 0.2) is 0 Å². The normalized spacial score (nSPS) is 25.3. The maximum atomic E-state index is 12.2. The van der Waals surface area contributed by atoms with E-state index in [1.165, 1.54) is 12.8 Å². The third-order valence-electron chi connectivity index (χ3n) is 4.55. The second-order valence-electron chi connectivity index (χ2n) is 6.27. The number of nitrogens with one attached hydrogen (secondary N) is 2. The van der Waals surface area contributed by atoms with Crippen LogP contribution in [-0.4, -0.2) is 25.5 Å². The first-order chi connectivity index (χ1) is 8.10. The lowest BCUT2D eigenvalue weighted by Crippen LogP contribution is -2.44. The number of rotatable bonds is 5. The fourth-order valence-corrected chi connectivity index (χ4v) is 2.91. The summed E-state index contributed by atoms with van der Waals surface area (Å²) in [5, 5.41) is 6.59. The molecule has 1 aliphatic heterocycles. The minimum Gasteiger partial charge on any atom is -0.355 e. The Labute approximate surface area is 105 Å². The predicted molar refractivity (Wildman–Crippen MR) is 69.8 cm³/mol. The molecule has 0 atom stereocenters. The number of hydrogen-bond acceptors (Lipinski definition) is 2. The van der Waals surface area contributed by atoms with Crippen molar-refractivity contribution in [1.29, 1.82) is 0 Å². The van der Waals surface area contributed by atoms with Crippen LogP contribution in [0.5, 0.6) is 0 Å². The molecule has 0 aromatic rings. The van der Waals surface area contributed by atoms with Gasteiger partial charge in [0.05, 0.1) is 0 Å². The Morgan fingerprint density at radius 2 is 1.88 bits per heavy atom. The molecule has 1 aliphatic carbocycles. The van der Waals surface area contributed by atoms with Crippen LogP contribution in [-0.2, 0) is 4.79 Å². The summed E-state index contributed by atoms with van der Waals surface area (Å²) in [5.41, 5.74) is 0.335. The highest BCUT2D eigenvalue weighted by Gasteiger charge is 2.48. The Bertz CT molecular complexity index is 278. The van der Waals surface area contributed by atoms with Crippen LogP contribution >= 0.6 is 0 Å². The van der Waals surface area contributed by atoms with Gasteiger partial charge < -0.3 is 10.6 Å². The van der Waals surface area contributed by atoms with Crippen LogP contribution in [0.1, 0.15) is 52.4 Å². The van der Waals surface area contributed by atoms with Crippen LogP contribution in [0.3, 0.4) is 0 Å². The highest BCUT2D eigenvalue weighted by molar-refractivity contribution is 5.85. The first-order valence-electron chi connectivity index (χ1n) is 7.09. The van der Waals surface area contributed by atoms with E-state index in [9.17, 15) is 4.79 Å². The van der Waals surface area contributed by atoms with E-state index in [0.717, 1.165) is 45.3 Å². The molecule has 2 aliphatic rings. The summed E-state index contributed by atoms with van der Waals surface area (Å²) in [4.78, 5) is 12.2. The minimum absolute atomic E-state index is 0.0258. The van der Waals surface area contributed by atoms with Gasteiger partial charge in [-0.2, -0.15) is 0 Å². The summed E-state index contributed by atoms with van der Waals surface area (Å²) < 4.78 is 0. The monoisotopic (exact) mass is 238 g/mol. The number of hydrogen-bond donors (Lipinski definition) is 2. The van der Waals surface area contributed by atoms with E-state index >= 15 is 0 Å². The van der Waals surface area contributed by atoms with E-state index < -0.39 is 0 Å². The zero-order valence-electron chi connectivity index (χ0n) is 11.3. The second kappa shape index (κ2) is 4.97. The van der Waals surface area contributed by atoms with Gasteiger partial charge in [-0.05, 0) is 50.6 Å². The topological polar surface area (TPSA) is 41.1 Å². The van der Waals surface area contributed by atoms with Gasteiger partial charge in [0, 0.05) is 12.0 Å². The van der Waals surface area contributed by atoms with Crippen LogP contribution < -0.4 is 10.6 Å².